The molecule has 20 heavy (non-hydrogen) atoms. The summed E-state index contributed by atoms with van der Waals surface area (Å²) >= 11 is 10.7. The lowest BCUT2D eigenvalue weighted by Crippen LogP contribution is -2.25. The molecule has 0 bridgehead atoms. The maximum atomic E-state index is 4.32. The summed E-state index contributed by atoms with van der Waals surface area (Å²) in [4.78, 5) is 0. The largest absolute Gasteiger partial charge is 0.305 e. The Balaban J connectivity index is 2.47. The van der Waals surface area contributed by atoms with Crippen molar-refractivity contribution in [3.8, 4) is 0 Å². The average molecular weight is 466 g/mol. The molecule has 1 heterocycles. The number of nitrogens with one attached hydrogen (secondary N) is 1. The molecule has 0 aliphatic heterocycles. The first kappa shape index (κ1) is 16.2. The number of aromatic nitrogens is 2. The van der Waals surface area contributed by atoms with Gasteiger partial charge in [0.05, 0.1) is 22.4 Å². The summed E-state index contributed by atoms with van der Waals surface area (Å²) in [6.07, 6.45) is 2.92. The Morgan fingerprint density at radius 1 is 1.20 bits per heavy atom. The third-order valence-corrected chi connectivity index (χ3v) is 4.55. The standard InChI is InChI=1S/C14H16Br3N3/c1-3-4-18-13(14-12(17)8-19-20(14)2)9-5-10(15)7-11(16)6-9/h5-8,13,18H,3-4H2,1-2H3. The van der Waals surface area contributed by atoms with Crippen molar-refractivity contribution in [1.82, 2.24) is 15.1 Å². The summed E-state index contributed by atoms with van der Waals surface area (Å²) in [6, 6.07) is 6.42. The second kappa shape index (κ2) is 7.20. The Morgan fingerprint density at radius 2 is 1.85 bits per heavy atom. The van der Waals surface area contributed by atoms with Crippen molar-refractivity contribution in [2.24, 2.45) is 7.05 Å². The molecular formula is C14H16Br3N3. The number of aryl methyl sites for hydroxylation is 1. The van der Waals surface area contributed by atoms with E-state index in [9.17, 15) is 0 Å². The van der Waals surface area contributed by atoms with E-state index in [2.05, 4.69) is 77.3 Å². The predicted octanol–water partition coefficient (Wildman–Crippen LogP) is 4.80. The van der Waals surface area contributed by atoms with Crippen LogP contribution in [-0.2, 0) is 7.05 Å². The first-order valence-electron chi connectivity index (χ1n) is 6.39. The minimum Gasteiger partial charge on any atom is -0.305 e. The highest BCUT2D eigenvalue weighted by Crippen LogP contribution is 2.31. The van der Waals surface area contributed by atoms with Crippen LogP contribution in [0.4, 0.5) is 0 Å². The van der Waals surface area contributed by atoms with Gasteiger partial charge in [0, 0.05) is 16.0 Å². The van der Waals surface area contributed by atoms with Gasteiger partial charge in [-0.15, -0.1) is 0 Å². The number of rotatable bonds is 5. The number of hydrogen-bond acceptors (Lipinski definition) is 2. The van der Waals surface area contributed by atoms with Crippen molar-refractivity contribution in [1.29, 1.82) is 0 Å². The van der Waals surface area contributed by atoms with E-state index in [4.69, 9.17) is 0 Å². The summed E-state index contributed by atoms with van der Waals surface area (Å²) in [5.41, 5.74) is 2.33. The second-order valence-electron chi connectivity index (χ2n) is 4.59. The molecule has 6 heteroatoms. The molecule has 108 valence electrons. The van der Waals surface area contributed by atoms with E-state index in [-0.39, 0.29) is 6.04 Å². The van der Waals surface area contributed by atoms with Crippen molar-refractivity contribution in [2.45, 2.75) is 19.4 Å². The summed E-state index contributed by atoms with van der Waals surface area (Å²) in [5, 5.41) is 7.91. The van der Waals surface area contributed by atoms with Crippen LogP contribution in [0.2, 0.25) is 0 Å². The number of nitrogens with zero attached hydrogens (tertiary/aromatic N) is 2. The molecule has 0 fully saturated rings. The van der Waals surface area contributed by atoms with Gasteiger partial charge in [-0.3, -0.25) is 4.68 Å². The molecule has 1 N–H and O–H groups in total. The first-order chi connectivity index (χ1) is 9.52. The van der Waals surface area contributed by atoms with E-state index >= 15 is 0 Å². The van der Waals surface area contributed by atoms with Crippen LogP contribution < -0.4 is 5.32 Å². The Kier molecular flexibility index (Phi) is 5.84. The van der Waals surface area contributed by atoms with Crippen LogP contribution in [0.3, 0.4) is 0 Å². The van der Waals surface area contributed by atoms with Gasteiger partial charge in [0.1, 0.15) is 0 Å². The van der Waals surface area contributed by atoms with E-state index in [1.165, 1.54) is 5.56 Å². The summed E-state index contributed by atoms with van der Waals surface area (Å²) < 4.78 is 5.04. The van der Waals surface area contributed by atoms with Crippen LogP contribution in [0.25, 0.3) is 0 Å². The molecular weight excluding hydrogens is 450 g/mol. The number of halogens is 3. The number of hydrogen-bond donors (Lipinski definition) is 1. The van der Waals surface area contributed by atoms with Gasteiger partial charge >= 0.3 is 0 Å². The molecule has 0 saturated carbocycles. The maximum absolute atomic E-state index is 4.32. The maximum Gasteiger partial charge on any atom is 0.0760 e. The van der Waals surface area contributed by atoms with E-state index in [1.54, 1.807) is 0 Å². The fourth-order valence-corrected chi connectivity index (χ4v) is 4.05. The fraction of sp³-hybridized carbons (Fsp3) is 0.357. The second-order valence-corrected chi connectivity index (χ2v) is 7.28. The van der Waals surface area contributed by atoms with E-state index in [0.29, 0.717) is 0 Å². The molecule has 3 nitrogen and oxygen atoms in total. The molecule has 1 aromatic heterocycles. The monoisotopic (exact) mass is 463 g/mol. The van der Waals surface area contributed by atoms with E-state index in [0.717, 1.165) is 32.1 Å². The van der Waals surface area contributed by atoms with Gasteiger partial charge in [-0.25, -0.2) is 0 Å². The Morgan fingerprint density at radius 3 is 2.35 bits per heavy atom. The Labute approximate surface area is 144 Å². The topological polar surface area (TPSA) is 29.9 Å². The molecule has 1 unspecified atom stereocenters. The van der Waals surface area contributed by atoms with Crippen LogP contribution in [0.15, 0.2) is 37.8 Å². The molecule has 1 aromatic carbocycles. The van der Waals surface area contributed by atoms with Gasteiger partial charge in [-0.1, -0.05) is 38.8 Å². The lowest BCUT2D eigenvalue weighted by atomic mass is 10.0. The molecule has 1 atom stereocenters. The fourth-order valence-electron chi connectivity index (χ4n) is 2.15. The van der Waals surface area contributed by atoms with Gasteiger partial charge in [-0.05, 0) is 52.7 Å². The SMILES string of the molecule is CCCNC(c1cc(Br)cc(Br)c1)c1c(Br)cnn1C. The van der Waals surface area contributed by atoms with Crippen LogP contribution in [0, 0.1) is 0 Å². The zero-order chi connectivity index (χ0) is 14.7. The average Bonchev–Trinajstić information content (AvgIpc) is 2.70. The van der Waals surface area contributed by atoms with Crippen LogP contribution in [0.5, 0.6) is 0 Å². The summed E-state index contributed by atoms with van der Waals surface area (Å²) in [7, 11) is 1.97. The zero-order valence-electron chi connectivity index (χ0n) is 11.3. The lowest BCUT2D eigenvalue weighted by Gasteiger charge is -2.20. The smallest absolute Gasteiger partial charge is 0.0760 e. The molecule has 0 saturated heterocycles. The van der Waals surface area contributed by atoms with Crippen molar-refractivity contribution in [2.75, 3.05) is 6.54 Å². The lowest BCUT2D eigenvalue weighted by molar-refractivity contribution is 0.551. The van der Waals surface area contributed by atoms with E-state index < -0.39 is 0 Å². The highest BCUT2D eigenvalue weighted by molar-refractivity contribution is 9.11. The summed E-state index contributed by atoms with van der Waals surface area (Å²) in [6.45, 7) is 3.12. The van der Waals surface area contributed by atoms with Crippen LogP contribution >= 0.6 is 47.8 Å². The molecule has 0 aliphatic carbocycles. The quantitative estimate of drug-likeness (QED) is 0.687. The van der Waals surface area contributed by atoms with Crippen LogP contribution in [0.1, 0.15) is 30.6 Å². The third-order valence-electron chi connectivity index (χ3n) is 3.03. The first-order valence-corrected chi connectivity index (χ1v) is 8.77. The van der Waals surface area contributed by atoms with Gasteiger partial charge in [-0.2, -0.15) is 5.10 Å². The molecule has 2 aromatic rings. The minimum atomic E-state index is 0.102. The molecule has 2 rings (SSSR count). The predicted molar refractivity (Wildman–Crippen MR) is 92.9 cm³/mol. The summed E-state index contributed by atoms with van der Waals surface area (Å²) in [5.74, 6) is 0. The van der Waals surface area contributed by atoms with Crippen molar-refractivity contribution in [3.63, 3.8) is 0 Å². The van der Waals surface area contributed by atoms with Gasteiger partial charge < -0.3 is 5.32 Å². The zero-order valence-corrected chi connectivity index (χ0v) is 16.1. The van der Waals surface area contributed by atoms with Crippen LogP contribution in [-0.4, -0.2) is 16.3 Å². The van der Waals surface area contributed by atoms with Crippen molar-refractivity contribution < 1.29 is 0 Å². The van der Waals surface area contributed by atoms with Gasteiger partial charge in [0.25, 0.3) is 0 Å². The Hall–Kier alpha value is -0.170. The highest BCUT2D eigenvalue weighted by Gasteiger charge is 2.20. The molecule has 0 amide bonds. The Bertz CT molecular complexity index is 556. The molecule has 0 aliphatic rings. The third kappa shape index (κ3) is 3.72. The van der Waals surface area contributed by atoms with Crippen molar-refractivity contribution in [3.05, 3.63) is 49.1 Å². The van der Waals surface area contributed by atoms with E-state index in [1.807, 2.05) is 24.0 Å². The highest BCUT2D eigenvalue weighted by atomic mass is 79.9. The number of benzene rings is 1. The molecule has 0 radical (unpaired) electrons. The normalized spacial score (nSPS) is 12.7. The molecule has 0 spiro atoms. The van der Waals surface area contributed by atoms with Gasteiger partial charge in [0.15, 0.2) is 0 Å². The minimum absolute atomic E-state index is 0.102. The van der Waals surface area contributed by atoms with Gasteiger partial charge in [0.2, 0.25) is 0 Å². The van der Waals surface area contributed by atoms with Crippen molar-refractivity contribution >= 4 is 47.8 Å².